The smallest absolute Gasteiger partial charge is 0.426 e. The van der Waals surface area contributed by atoms with Gasteiger partial charge in [0.2, 0.25) is 9.84 Å². The van der Waals surface area contributed by atoms with E-state index in [9.17, 15) is 69.2 Å². The average molecular weight is 644 g/mol. The van der Waals surface area contributed by atoms with Gasteiger partial charge in [-0.2, -0.15) is 43.5 Å². The van der Waals surface area contributed by atoms with E-state index in [4.69, 9.17) is 4.55 Å². The molecule has 0 spiro atoms. The van der Waals surface area contributed by atoms with E-state index in [1.54, 1.807) is 0 Å². The van der Waals surface area contributed by atoms with Crippen LogP contribution in [0.1, 0.15) is 0 Å². The summed E-state index contributed by atoms with van der Waals surface area (Å²) < 4.78 is 221. The Morgan fingerprint density at radius 1 is 0.667 bits per heavy atom. The first-order valence-corrected chi connectivity index (χ1v) is 13.9. The van der Waals surface area contributed by atoms with Gasteiger partial charge in [0.1, 0.15) is 17.4 Å². The molecule has 39 heavy (non-hydrogen) atoms. The number of ether oxygens (including phenoxy) is 2. The Hall–Kier alpha value is -2.69. The summed E-state index contributed by atoms with van der Waals surface area (Å²) in [5, 5.41) is -9.93. The van der Waals surface area contributed by atoms with Crippen molar-refractivity contribution in [1.29, 1.82) is 0 Å². The highest BCUT2D eigenvalue weighted by atomic mass is 32.3. The summed E-state index contributed by atoms with van der Waals surface area (Å²) in [6.45, 7) is 0. The summed E-state index contributed by atoms with van der Waals surface area (Å²) in [5.74, 6) is -5.15. The number of rotatable bonds is 11. The Bertz CT molecular complexity index is 1540. The van der Waals surface area contributed by atoms with Crippen LogP contribution in [0.15, 0.2) is 52.3 Å². The van der Waals surface area contributed by atoms with Crippen LogP contribution in [0.5, 0.6) is 5.75 Å². The zero-order valence-electron chi connectivity index (χ0n) is 18.0. The minimum atomic E-state index is -7.13. The molecular weight excluding hydrogens is 634 g/mol. The van der Waals surface area contributed by atoms with Crippen LogP contribution in [0.4, 0.5) is 43.9 Å². The normalized spacial score (nSPS) is 14.3. The minimum absolute atomic E-state index is 0.0378. The third-order valence-electron chi connectivity index (χ3n) is 4.20. The third-order valence-corrected chi connectivity index (χ3v) is 9.56. The summed E-state index contributed by atoms with van der Waals surface area (Å²) in [6, 6.07) is 0.866. The van der Waals surface area contributed by atoms with Crippen molar-refractivity contribution in [3.05, 3.63) is 54.1 Å². The standard InChI is InChI=1S/C17H10F10O9S3/c18-9-5-10(19)7-11(6-9)35-14(20,21)15(22,23)36-16(24,25)17(26,27)38(30,31)8-37(28,29)12-1-3-13(4-2-12)39(32,33)34/h1-7H,8H2,(H,32,33,34). The molecule has 2 aromatic rings. The van der Waals surface area contributed by atoms with Crippen molar-refractivity contribution in [1.82, 2.24) is 0 Å². The fourth-order valence-corrected chi connectivity index (χ4v) is 6.63. The van der Waals surface area contributed by atoms with Crippen molar-refractivity contribution in [3.63, 3.8) is 0 Å². The van der Waals surface area contributed by atoms with Gasteiger partial charge in [0, 0.05) is 18.2 Å². The lowest BCUT2D eigenvalue weighted by atomic mass is 10.3. The Morgan fingerprint density at radius 3 is 1.54 bits per heavy atom. The van der Waals surface area contributed by atoms with Crippen LogP contribution in [-0.2, 0) is 34.5 Å². The van der Waals surface area contributed by atoms with Gasteiger partial charge in [-0.25, -0.2) is 30.4 Å². The van der Waals surface area contributed by atoms with Gasteiger partial charge in [-0.05, 0) is 24.3 Å². The first-order chi connectivity index (χ1) is 17.2. The Balaban J connectivity index is 2.35. The van der Waals surface area contributed by atoms with E-state index in [0.717, 1.165) is 0 Å². The Kier molecular flexibility index (Phi) is 8.38. The molecule has 0 atom stereocenters. The number of sulfone groups is 2. The molecule has 0 radical (unpaired) electrons. The number of hydrogen-bond donors (Lipinski definition) is 1. The summed E-state index contributed by atoms with van der Waals surface area (Å²) >= 11 is 0. The Labute approximate surface area is 211 Å². The number of alkyl halides is 8. The maximum Gasteiger partial charge on any atom is 0.494 e. The predicted molar refractivity (Wildman–Crippen MR) is 105 cm³/mol. The van der Waals surface area contributed by atoms with E-state index < -0.39 is 85.6 Å². The lowest BCUT2D eigenvalue weighted by Crippen LogP contribution is -2.58. The van der Waals surface area contributed by atoms with E-state index in [0.29, 0.717) is 12.1 Å². The molecule has 0 amide bonds. The van der Waals surface area contributed by atoms with Gasteiger partial charge in [0.15, 0.2) is 14.9 Å². The van der Waals surface area contributed by atoms with Crippen molar-refractivity contribution in [2.45, 2.75) is 33.4 Å². The zero-order valence-corrected chi connectivity index (χ0v) is 20.4. The van der Waals surface area contributed by atoms with Crippen LogP contribution in [-0.4, -0.2) is 58.5 Å². The number of benzene rings is 2. The lowest BCUT2D eigenvalue weighted by molar-refractivity contribution is -0.484. The molecule has 0 unspecified atom stereocenters. The second-order valence-corrected chi connectivity index (χ2v) is 13.0. The third kappa shape index (κ3) is 6.91. The molecule has 0 aliphatic carbocycles. The van der Waals surface area contributed by atoms with Crippen molar-refractivity contribution in [2.24, 2.45) is 0 Å². The van der Waals surface area contributed by atoms with Crippen molar-refractivity contribution >= 4 is 29.8 Å². The molecule has 0 aliphatic heterocycles. The van der Waals surface area contributed by atoms with Gasteiger partial charge in [0.05, 0.1) is 9.79 Å². The first-order valence-electron chi connectivity index (χ1n) is 9.13. The average Bonchev–Trinajstić information content (AvgIpc) is 2.70. The molecule has 0 bridgehead atoms. The molecule has 2 aromatic carbocycles. The van der Waals surface area contributed by atoms with Gasteiger partial charge in [-0.3, -0.25) is 4.55 Å². The summed E-state index contributed by atoms with van der Waals surface area (Å²) in [6.07, 6.45) is -20.3. The molecule has 220 valence electrons. The van der Waals surface area contributed by atoms with E-state index in [-0.39, 0.29) is 30.3 Å². The maximum atomic E-state index is 14.1. The van der Waals surface area contributed by atoms with E-state index in [1.165, 1.54) is 0 Å². The van der Waals surface area contributed by atoms with Crippen molar-refractivity contribution in [2.75, 3.05) is 5.08 Å². The predicted octanol–water partition coefficient (Wildman–Crippen LogP) is 3.82. The van der Waals surface area contributed by atoms with Crippen molar-refractivity contribution in [3.8, 4) is 5.75 Å². The summed E-state index contributed by atoms with van der Waals surface area (Å²) in [4.78, 5) is -2.27. The fraction of sp³-hybridized carbons (Fsp3) is 0.294. The van der Waals surface area contributed by atoms with Gasteiger partial charge in [-0.15, -0.1) is 0 Å². The SMILES string of the molecule is O=S(=O)(O)c1ccc(S(=O)(=O)CS(=O)(=O)C(F)(F)C(F)(F)OC(F)(F)C(F)(F)Oc2cc(F)cc(F)c2)cc1. The van der Waals surface area contributed by atoms with E-state index in [1.807, 2.05) is 0 Å². The monoisotopic (exact) mass is 644 g/mol. The highest BCUT2D eigenvalue weighted by Gasteiger charge is 2.75. The molecule has 0 saturated heterocycles. The Morgan fingerprint density at radius 2 is 1.10 bits per heavy atom. The van der Waals surface area contributed by atoms with Crippen LogP contribution in [0, 0.1) is 11.6 Å². The van der Waals surface area contributed by atoms with Gasteiger partial charge >= 0.3 is 23.6 Å². The van der Waals surface area contributed by atoms with Crippen LogP contribution < -0.4 is 4.74 Å². The molecule has 0 aliphatic rings. The van der Waals surface area contributed by atoms with E-state index in [2.05, 4.69) is 9.47 Å². The highest BCUT2D eigenvalue weighted by Crippen LogP contribution is 2.48. The van der Waals surface area contributed by atoms with Gasteiger partial charge in [-0.1, -0.05) is 0 Å². The molecule has 0 saturated carbocycles. The van der Waals surface area contributed by atoms with Crippen LogP contribution in [0.25, 0.3) is 0 Å². The molecular formula is C17H10F10O9S3. The molecule has 1 N–H and O–H groups in total. The van der Waals surface area contributed by atoms with Crippen LogP contribution >= 0.6 is 0 Å². The maximum absolute atomic E-state index is 14.1. The molecule has 9 nitrogen and oxygen atoms in total. The lowest BCUT2D eigenvalue weighted by Gasteiger charge is -2.32. The highest BCUT2D eigenvalue weighted by molar-refractivity contribution is 8.08. The minimum Gasteiger partial charge on any atom is -0.426 e. The topological polar surface area (TPSA) is 141 Å². The molecule has 2 rings (SSSR count). The summed E-state index contributed by atoms with van der Waals surface area (Å²) in [5.41, 5.74) is 0. The van der Waals surface area contributed by atoms with Crippen LogP contribution in [0.2, 0.25) is 0 Å². The molecule has 22 heteroatoms. The zero-order chi connectivity index (χ0) is 30.5. The van der Waals surface area contributed by atoms with Crippen molar-refractivity contribution < 1.29 is 83.2 Å². The quantitative estimate of drug-likeness (QED) is 0.286. The molecule has 0 aromatic heterocycles. The number of hydrogen-bond acceptors (Lipinski definition) is 8. The molecule has 0 heterocycles. The van der Waals surface area contributed by atoms with Crippen LogP contribution in [0.3, 0.4) is 0 Å². The summed E-state index contributed by atoms with van der Waals surface area (Å²) in [7, 11) is -17.7. The second kappa shape index (κ2) is 10.1. The van der Waals surface area contributed by atoms with Gasteiger partial charge in [0.25, 0.3) is 10.1 Å². The molecule has 0 fully saturated rings. The fourth-order valence-electron chi connectivity index (χ4n) is 2.42. The number of halogens is 10. The van der Waals surface area contributed by atoms with E-state index >= 15 is 0 Å². The van der Waals surface area contributed by atoms with Gasteiger partial charge < -0.3 is 4.74 Å². The largest absolute Gasteiger partial charge is 0.494 e. The second-order valence-electron chi connectivity index (χ2n) is 7.17. The first kappa shape index (κ1) is 32.5.